The highest BCUT2D eigenvalue weighted by atomic mass is 32.1. The van der Waals surface area contributed by atoms with Crippen molar-refractivity contribution in [2.45, 2.75) is 39.3 Å². The molecule has 0 amide bonds. The second-order valence-corrected chi connectivity index (χ2v) is 6.20. The van der Waals surface area contributed by atoms with Crippen LogP contribution in [0, 0.1) is 12.8 Å². The van der Waals surface area contributed by atoms with E-state index in [0.717, 1.165) is 19.0 Å². The van der Waals surface area contributed by atoms with Crippen LogP contribution < -0.4 is 10.6 Å². The predicted octanol–water partition coefficient (Wildman–Crippen LogP) is 2.53. The van der Waals surface area contributed by atoms with Gasteiger partial charge in [0.15, 0.2) is 0 Å². The second-order valence-electron chi connectivity index (χ2n) is 4.82. The van der Waals surface area contributed by atoms with Gasteiger partial charge in [-0.3, -0.25) is 0 Å². The van der Waals surface area contributed by atoms with E-state index in [9.17, 15) is 0 Å². The highest BCUT2D eigenvalue weighted by Gasteiger charge is 2.19. The lowest BCUT2D eigenvalue weighted by Crippen LogP contribution is -2.46. The van der Waals surface area contributed by atoms with Crippen molar-refractivity contribution in [1.29, 1.82) is 0 Å². The summed E-state index contributed by atoms with van der Waals surface area (Å²) in [4.78, 5) is 2.85. The van der Waals surface area contributed by atoms with E-state index < -0.39 is 0 Å². The highest BCUT2D eigenvalue weighted by Crippen LogP contribution is 2.16. The molecule has 3 heteroatoms. The molecule has 16 heavy (non-hydrogen) atoms. The van der Waals surface area contributed by atoms with Gasteiger partial charge in [0, 0.05) is 28.9 Å². The zero-order valence-electron chi connectivity index (χ0n) is 10.3. The first-order valence-electron chi connectivity index (χ1n) is 6.25. The van der Waals surface area contributed by atoms with Crippen molar-refractivity contribution in [3.63, 3.8) is 0 Å². The molecule has 1 aromatic rings. The molecule has 2 unspecified atom stereocenters. The molecule has 2 rings (SSSR count). The molecule has 1 aromatic heterocycles. The van der Waals surface area contributed by atoms with Crippen molar-refractivity contribution in [3.05, 3.63) is 21.9 Å². The Hall–Kier alpha value is -0.380. The Morgan fingerprint density at radius 2 is 2.38 bits per heavy atom. The maximum atomic E-state index is 3.60. The summed E-state index contributed by atoms with van der Waals surface area (Å²) in [6.45, 7) is 7.82. The van der Waals surface area contributed by atoms with Crippen LogP contribution in [0.5, 0.6) is 0 Å². The van der Waals surface area contributed by atoms with Crippen molar-refractivity contribution in [3.8, 4) is 0 Å². The number of piperidine rings is 1. The van der Waals surface area contributed by atoms with Gasteiger partial charge < -0.3 is 10.6 Å². The molecule has 1 fully saturated rings. The van der Waals surface area contributed by atoms with Gasteiger partial charge in [-0.2, -0.15) is 0 Å². The van der Waals surface area contributed by atoms with Gasteiger partial charge in [-0.15, -0.1) is 11.3 Å². The Morgan fingerprint density at radius 3 is 3.06 bits per heavy atom. The van der Waals surface area contributed by atoms with Gasteiger partial charge in [0.1, 0.15) is 0 Å². The molecule has 90 valence electrons. The molecular weight excluding hydrogens is 216 g/mol. The van der Waals surface area contributed by atoms with Crippen LogP contribution in [0.3, 0.4) is 0 Å². The minimum absolute atomic E-state index is 0.662. The standard InChI is InChI=1S/C13H22N2S/c1-10-4-3-7-15-13(10)9-14-8-12-6-5-11(2)16-12/h5-6,10,13-15H,3-4,7-9H2,1-2H3. The van der Waals surface area contributed by atoms with Crippen LogP contribution >= 0.6 is 11.3 Å². The van der Waals surface area contributed by atoms with Gasteiger partial charge in [0.2, 0.25) is 0 Å². The molecule has 1 saturated heterocycles. The lowest BCUT2D eigenvalue weighted by Gasteiger charge is -2.30. The number of rotatable bonds is 4. The van der Waals surface area contributed by atoms with Crippen molar-refractivity contribution < 1.29 is 0 Å². The highest BCUT2D eigenvalue weighted by molar-refractivity contribution is 7.11. The SMILES string of the molecule is Cc1ccc(CNCC2NCCCC2C)s1. The molecule has 0 radical (unpaired) electrons. The Labute approximate surface area is 102 Å². The third kappa shape index (κ3) is 3.30. The van der Waals surface area contributed by atoms with Crippen LogP contribution in [0.15, 0.2) is 12.1 Å². The van der Waals surface area contributed by atoms with Crippen LogP contribution in [0.2, 0.25) is 0 Å². The van der Waals surface area contributed by atoms with Crippen molar-refractivity contribution in [2.75, 3.05) is 13.1 Å². The third-order valence-electron chi connectivity index (χ3n) is 3.39. The summed E-state index contributed by atoms with van der Waals surface area (Å²) < 4.78 is 0. The number of aryl methyl sites for hydroxylation is 1. The van der Waals surface area contributed by atoms with E-state index in [2.05, 4.69) is 36.6 Å². The molecule has 2 nitrogen and oxygen atoms in total. The molecule has 0 spiro atoms. The zero-order chi connectivity index (χ0) is 11.4. The van der Waals surface area contributed by atoms with Crippen LogP contribution in [-0.2, 0) is 6.54 Å². The maximum Gasteiger partial charge on any atom is 0.0300 e. The van der Waals surface area contributed by atoms with E-state index in [4.69, 9.17) is 0 Å². The van der Waals surface area contributed by atoms with Crippen molar-refractivity contribution >= 4 is 11.3 Å². The monoisotopic (exact) mass is 238 g/mol. The van der Waals surface area contributed by atoms with E-state index in [0.29, 0.717) is 6.04 Å². The lowest BCUT2D eigenvalue weighted by atomic mass is 9.93. The number of hydrogen-bond donors (Lipinski definition) is 2. The molecule has 2 N–H and O–H groups in total. The van der Waals surface area contributed by atoms with Gasteiger partial charge >= 0.3 is 0 Å². The Kier molecular flexibility index (Phi) is 4.38. The van der Waals surface area contributed by atoms with Crippen LogP contribution in [0.1, 0.15) is 29.5 Å². The molecule has 1 aliphatic rings. The van der Waals surface area contributed by atoms with Gasteiger partial charge in [0.05, 0.1) is 0 Å². The van der Waals surface area contributed by atoms with Gasteiger partial charge in [0.25, 0.3) is 0 Å². The summed E-state index contributed by atoms with van der Waals surface area (Å²) >= 11 is 1.89. The first kappa shape index (κ1) is 12.1. The minimum atomic E-state index is 0.662. The molecule has 1 aliphatic heterocycles. The minimum Gasteiger partial charge on any atom is -0.312 e. The van der Waals surface area contributed by atoms with Crippen LogP contribution in [0.25, 0.3) is 0 Å². The average molecular weight is 238 g/mol. The van der Waals surface area contributed by atoms with Crippen molar-refractivity contribution in [2.24, 2.45) is 5.92 Å². The topological polar surface area (TPSA) is 24.1 Å². The maximum absolute atomic E-state index is 3.60. The largest absolute Gasteiger partial charge is 0.312 e. The predicted molar refractivity (Wildman–Crippen MR) is 71.0 cm³/mol. The molecule has 2 heterocycles. The molecule has 0 saturated carbocycles. The third-order valence-corrected chi connectivity index (χ3v) is 4.39. The Bertz CT molecular complexity index is 321. The molecular formula is C13H22N2S. The quantitative estimate of drug-likeness (QED) is 0.842. The second kappa shape index (κ2) is 5.80. The van der Waals surface area contributed by atoms with E-state index in [-0.39, 0.29) is 0 Å². The van der Waals surface area contributed by atoms with Crippen LogP contribution in [-0.4, -0.2) is 19.1 Å². The summed E-state index contributed by atoms with van der Waals surface area (Å²) in [6.07, 6.45) is 2.71. The fourth-order valence-electron chi connectivity index (χ4n) is 2.32. The smallest absolute Gasteiger partial charge is 0.0300 e. The Morgan fingerprint density at radius 1 is 1.50 bits per heavy atom. The number of thiophene rings is 1. The van der Waals surface area contributed by atoms with E-state index >= 15 is 0 Å². The summed E-state index contributed by atoms with van der Waals surface area (Å²) in [5, 5.41) is 7.16. The first-order chi connectivity index (χ1) is 7.75. The summed E-state index contributed by atoms with van der Waals surface area (Å²) in [5.41, 5.74) is 0. The molecule has 0 aromatic carbocycles. The molecule has 0 aliphatic carbocycles. The van der Waals surface area contributed by atoms with E-state index in [1.54, 1.807) is 0 Å². The van der Waals surface area contributed by atoms with Gasteiger partial charge in [-0.05, 0) is 44.4 Å². The van der Waals surface area contributed by atoms with Gasteiger partial charge in [-0.1, -0.05) is 6.92 Å². The number of nitrogens with one attached hydrogen (secondary N) is 2. The van der Waals surface area contributed by atoms with Crippen LogP contribution in [0.4, 0.5) is 0 Å². The molecule has 0 bridgehead atoms. The van der Waals surface area contributed by atoms with E-state index in [1.165, 1.54) is 29.1 Å². The fourth-order valence-corrected chi connectivity index (χ4v) is 3.18. The first-order valence-corrected chi connectivity index (χ1v) is 7.07. The lowest BCUT2D eigenvalue weighted by molar-refractivity contribution is 0.290. The Balaban J connectivity index is 1.71. The molecule has 2 atom stereocenters. The fraction of sp³-hybridized carbons (Fsp3) is 0.692. The normalized spacial score (nSPS) is 25.9. The van der Waals surface area contributed by atoms with Crippen molar-refractivity contribution in [1.82, 2.24) is 10.6 Å². The van der Waals surface area contributed by atoms with E-state index in [1.807, 2.05) is 11.3 Å². The van der Waals surface area contributed by atoms with Gasteiger partial charge in [-0.25, -0.2) is 0 Å². The summed E-state index contributed by atoms with van der Waals surface area (Å²) in [7, 11) is 0. The number of hydrogen-bond acceptors (Lipinski definition) is 3. The zero-order valence-corrected chi connectivity index (χ0v) is 11.1. The summed E-state index contributed by atoms with van der Waals surface area (Å²) in [5.74, 6) is 0.811. The average Bonchev–Trinajstić information content (AvgIpc) is 2.67. The summed E-state index contributed by atoms with van der Waals surface area (Å²) in [6, 6.07) is 5.09.